The summed E-state index contributed by atoms with van der Waals surface area (Å²) in [5.41, 5.74) is 0. The second kappa shape index (κ2) is 3.91. The molecule has 82 valence electrons. The lowest BCUT2D eigenvalue weighted by molar-refractivity contribution is 0.0939. The summed E-state index contributed by atoms with van der Waals surface area (Å²) in [6.45, 7) is -0.587. The van der Waals surface area contributed by atoms with Crippen LogP contribution in [0.25, 0.3) is 0 Å². The highest BCUT2D eigenvalue weighted by atomic mass is 31.2. The summed E-state index contributed by atoms with van der Waals surface area (Å²) in [7, 11) is -3.49. The Bertz CT molecular complexity index is 230. The Kier molecular flexibility index (Phi) is 2.96. The van der Waals surface area contributed by atoms with Crippen molar-refractivity contribution < 1.29 is 23.8 Å². The van der Waals surface area contributed by atoms with E-state index in [-0.39, 0.29) is 12.2 Å². The predicted molar refractivity (Wildman–Crippen MR) is 48.9 cm³/mol. The van der Waals surface area contributed by atoms with Gasteiger partial charge in [0, 0.05) is 0 Å². The molecule has 2 fully saturated rings. The van der Waals surface area contributed by atoms with Crippen LogP contribution in [0.5, 0.6) is 0 Å². The number of rotatable bonds is 6. The Morgan fingerprint density at radius 3 is 1.93 bits per heavy atom. The Hall–Kier alpha value is 0.0700. The fourth-order valence-electron chi connectivity index (χ4n) is 1.03. The largest absolute Gasteiger partial charge is 0.393 e. The molecule has 2 saturated carbocycles. The van der Waals surface area contributed by atoms with Gasteiger partial charge in [0.15, 0.2) is 5.85 Å². The quantitative estimate of drug-likeness (QED) is 0.651. The lowest BCUT2D eigenvalue weighted by Gasteiger charge is -2.21. The molecule has 6 heteroatoms. The number of aliphatic hydroxyl groups excluding tert-OH is 2. The molecule has 0 aromatic carbocycles. The van der Waals surface area contributed by atoms with Crippen molar-refractivity contribution in [1.29, 1.82) is 0 Å². The molecule has 14 heavy (non-hydrogen) atoms. The maximum Gasteiger partial charge on any atom is 0.361 e. The van der Waals surface area contributed by atoms with Crippen LogP contribution in [0.1, 0.15) is 25.7 Å². The van der Waals surface area contributed by atoms with Crippen LogP contribution in [0.3, 0.4) is 0 Å². The molecule has 2 aliphatic rings. The van der Waals surface area contributed by atoms with Gasteiger partial charge in [0.2, 0.25) is 0 Å². The monoisotopic (exact) mass is 222 g/mol. The van der Waals surface area contributed by atoms with Gasteiger partial charge in [-0.1, -0.05) is 0 Å². The van der Waals surface area contributed by atoms with Crippen LogP contribution >= 0.6 is 7.60 Å². The van der Waals surface area contributed by atoms with Gasteiger partial charge < -0.3 is 19.3 Å². The molecule has 2 rings (SSSR count). The summed E-state index contributed by atoms with van der Waals surface area (Å²) in [6.07, 6.45) is 3.32. The van der Waals surface area contributed by atoms with Crippen LogP contribution in [0.15, 0.2) is 0 Å². The molecule has 2 N–H and O–H groups in total. The van der Waals surface area contributed by atoms with Crippen LogP contribution in [-0.4, -0.2) is 34.9 Å². The summed E-state index contributed by atoms with van der Waals surface area (Å²) in [4.78, 5) is 0. The van der Waals surface area contributed by atoms with Crippen LogP contribution in [0.4, 0.5) is 0 Å². The van der Waals surface area contributed by atoms with Gasteiger partial charge in [-0.25, -0.2) is 0 Å². The fraction of sp³-hybridized carbons (Fsp3) is 1.00. The van der Waals surface area contributed by atoms with E-state index in [0.29, 0.717) is 0 Å². The minimum atomic E-state index is -3.49. The van der Waals surface area contributed by atoms with E-state index in [1.54, 1.807) is 0 Å². The first-order valence-electron chi connectivity index (χ1n) is 4.89. The maximum atomic E-state index is 12.0. The third kappa shape index (κ3) is 2.55. The molecular formula is C8H15O5P. The zero-order valence-corrected chi connectivity index (χ0v) is 8.73. The van der Waals surface area contributed by atoms with E-state index in [2.05, 4.69) is 0 Å². The lowest BCUT2D eigenvalue weighted by atomic mass is 10.8. The Labute approximate surface area is 82.6 Å². The third-order valence-electron chi connectivity index (χ3n) is 2.17. The van der Waals surface area contributed by atoms with Gasteiger partial charge in [-0.15, -0.1) is 0 Å². The summed E-state index contributed by atoms with van der Waals surface area (Å²) < 4.78 is 22.3. The van der Waals surface area contributed by atoms with Gasteiger partial charge in [-0.3, -0.25) is 4.57 Å². The first kappa shape index (κ1) is 10.6. The molecule has 1 atom stereocenters. The van der Waals surface area contributed by atoms with Crippen molar-refractivity contribution in [3.05, 3.63) is 0 Å². The van der Waals surface area contributed by atoms with E-state index in [4.69, 9.17) is 14.2 Å². The topological polar surface area (TPSA) is 76.0 Å². The highest BCUT2D eigenvalue weighted by molar-refractivity contribution is 7.54. The van der Waals surface area contributed by atoms with Gasteiger partial charge >= 0.3 is 7.60 Å². The SMILES string of the molecule is O=P(OC1CC1)(OC1CC1)C(O)CO. The molecule has 0 aromatic heterocycles. The third-order valence-corrected chi connectivity index (χ3v) is 4.25. The van der Waals surface area contributed by atoms with E-state index >= 15 is 0 Å². The second-order valence-corrected chi connectivity index (χ2v) is 5.91. The van der Waals surface area contributed by atoms with Crippen molar-refractivity contribution in [3.8, 4) is 0 Å². The van der Waals surface area contributed by atoms with Gasteiger partial charge in [0.25, 0.3) is 0 Å². The van der Waals surface area contributed by atoms with Crippen molar-refractivity contribution in [2.24, 2.45) is 0 Å². The fourth-order valence-corrected chi connectivity index (χ4v) is 2.81. The summed E-state index contributed by atoms with van der Waals surface area (Å²) in [6, 6.07) is 0. The number of aliphatic hydroxyl groups is 2. The van der Waals surface area contributed by atoms with E-state index in [9.17, 15) is 9.67 Å². The Morgan fingerprint density at radius 1 is 1.21 bits per heavy atom. The highest BCUT2D eigenvalue weighted by Crippen LogP contribution is 2.59. The smallest absolute Gasteiger partial charge is 0.361 e. The van der Waals surface area contributed by atoms with Crippen molar-refractivity contribution >= 4 is 7.60 Å². The molecule has 0 bridgehead atoms. The predicted octanol–water partition coefficient (Wildman–Crippen LogP) is 0.848. The Balaban J connectivity index is 1.96. The van der Waals surface area contributed by atoms with E-state index in [0.717, 1.165) is 25.7 Å². The van der Waals surface area contributed by atoms with Crippen molar-refractivity contribution in [2.75, 3.05) is 6.61 Å². The average Bonchev–Trinajstić information content (AvgIpc) is 2.99. The first-order chi connectivity index (χ1) is 6.64. The van der Waals surface area contributed by atoms with E-state index in [1.807, 2.05) is 0 Å². The zero-order chi connectivity index (χ0) is 10.2. The molecule has 2 aliphatic carbocycles. The summed E-state index contributed by atoms with van der Waals surface area (Å²) in [5.74, 6) is -1.40. The molecule has 0 radical (unpaired) electrons. The van der Waals surface area contributed by atoms with Crippen molar-refractivity contribution in [1.82, 2.24) is 0 Å². The zero-order valence-electron chi connectivity index (χ0n) is 7.83. The van der Waals surface area contributed by atoms with E-state index in [1.165, 1.54) is 0 Å². The average molecular weight is 222 g/mol. The normalized spacial score (nSPS) is 25.0. The number of hydrogen-bond acceptors (Lipinski definition) is 5. The molecule has 0 spiro atoms. The van der Waals surface area contributed by atoms with Crippen molar-refractivity contribution in [2.45, 2.75) is 43.7 Å². The van der Waals surface area contributed by atoms with Gasteiger partial charge in [-0.2, -0.15) is 0 Å². The molecule has 0 amide bonds. The molecule has 0 aromatic rings. The highest BCUT2D eigenvalue weighted by Gasteiger charge is 2.44. The lowest BCUT2D eigenvalue weighted by Crippen LogP contribution is -2.17. The minimum absolute atomic E-state index is 0.0548. The van der Waals surface area contributed by atoms with Crippen LogP contribution in [-0.2, 0) is 13.6 Å². The Morgan fingerprint density at radius 2 is 1.64 bits per heavy atom. The summed E-state index contributed by atoms with van der Waals surface area (Å²) in [5, 5.41) is 18.1. The van der Waals surface area contributed by atoms with E-state index < -0.39 is 20.0 Å². The standard InChI is InChI=1S/C8H15O5P/c9-5-8(10)14(11,12-6-1-2-6)13-7-3-4-7/h6-10H,1-5H2. The summed E-state index contributed by atoms with van der Waals surface area (Å²) >= 11 is 0. The first-order valence-corrected chi connectivity index (χ1v) is 6.50. The maximum absolute atomic E-state index is 12.0. The molecule has 1 unspecified atom stereocenters. The second-order valence-electron chi connectivity index (χ2n) is 3.81. The van der Waals surface area contributed by atoms with Gasteiger partial charge in [0.1, 0.15) is 0 Å². The molecule has 0 heterocycles. The van der Waals surface area contributed by atoms with Crippen LogP contribution in [0, 0.1) is 0 Å². The van der Waals surface area contributed by atoms with Gasteiger partial charge in [-0.05, 0) is 25.7 Å². The molecule has 0 aliphatic heterocycles. The van der Waals surface area contributed by atoms with Crippen LogP contribution in [0.2, 0.25) is 0 Å². The number of hydrogen-bond donors (Lipinski definition) is 2. The molecular weight excluding hydrogens is 207 g/mol. The van der Waals surface area contributed by atoms with Crippen LogP contribution < -0.4 is 0 Å². The molecule has 0 saturated heterocycles. The minimum Gasteiger partial charge on any atom is -0.393 e. The van der Waals surface area contributed by atoms with Gasteiger partial charge in [0.05, 0.1) is 18.8 Å². The van der Waals surface area contributed by atoms with Crippen molar-refractivity contribution in [3.63, 3.8) is 0 Å². The molecule has 5 nitrogen and oxygen atoms in total.